The van der Waals surface area contributed by atoms with Crippen LogP contribution in [0.4, 0.5) is 5.69 Å². The van der Waals surface area contributed by atoms with E-state index in [2.05, 4.69) is 54.2 Å². The average molecular weight is 224 g/mol. The van der Waals surface area contributed by atoms with E-state index in [1.165, 1.54) is 22.4 Å². The third-order valence-corrected chi connectivity index (χ3v) is 3.65. The second-order valence-electron chi connectivity index (χ2n) is 4.74. The molecular weight excluding hydrogens is 208 g/mol. The molecule has 2 heteroatoms. The summed E-state index contributed by atoms with van der Waals surface area (Å²) >= 11 is 0. The van der Waals surface area contributed by atoms with Gasteiger partial charge in [0, 0.05) is 31.2 Å². The van der Waals surface area contributed by atoms with E-state index < -0.39 is 0 Å². The van der Waals surface area contributed by atoms with Gasteiger partial charge in [-0.1, -0.05) is 6.07 Å². The first-order valence-corrected chi connectivity index (χ1v) is 6.02. The largest absolute Gasteiger partial charge is 0.371 e. The number of benzene rings is 1. The molecular formula is C15H16N2. The summed E-state index contributed by atoms with van der Waals surface area (Å²) in [5, 5.41) is 0. The third kappa shape index (κ3) is 1.70. The van der Waals surface area contributed by atoms with Gasteiger partial charge >= 0.3 is 0 Å². The van der Waals surface area contributed by atoms with Crippen LogP contribution in [0.3, 0.4) is 0 Å². The summed E-state index contributed by atoms with van der Waals surface area (Å²) in [5.41, 5.74) is 5.35. The highest BCUT2D eigenvalue weighted by Crippen LogP contribution is 2.33. The predicted octanol–water partition coefficient (Wildman–Crippen LogP) is 3.13. The molecule has 0 aliphatic carbocycles. The van der Waals surface area contributed by atoms with E-state index in [0.717, 1.165) is 6.42 Å². The highest BCUT2D eigenvalue weighted by atomic mass is 15.1. The van der Waals surface area contributed by atoms with Gasteiger partial charge < -0.3 is 4.90 Å². The van der Waals surface area contributed by atoms with Crippen LogP contribution in [0.15, 0.2) is 42.7 Å². The first kappa shape index (κ1) is 10.3. The molecule has 0 amide bonds. The molecule has 0 radical (unpaired) electrons. The minimum Gasteiger partial charge on any atom is -0.371 e. The summed E-state index contributed by atoms with van der Waals surface area (Å²) in [6.07, 6.45) is 4.83. The van der Waals surface area contributed by atoms with Gasteiger partial charge in [0.25, 0.3) is 0 Å². The van der Waals surface area contributed by atoms with E-state index >= 15 is 0 Å². The highest BCUT2D eigenvalue weighted by molar-refractivity contribution is 5.70. The maximum atomic E-state index is 4.06. The second kappa shape index (κ2) is 3.88. The van der Waals surface area contributed by atoms with Crippen molar-refractivity contribution in [2.45, 2.75) is 19.4 Å². The van der Waals surface area contributed by atoms with Crippen LogP contribution in [0.5, 0.6) is 0 Å². The first-order valence-electron chi connectivity index (χ1n) is 6.02. The van der Waals surface area contributed by atoms with Crippen molar-refractivity contribution in [3.05, 3.63) is 48.3 Å². The van der Waals surface area contributed by atoms with Gasteiger partial charge in [0.1, 0.15) is 0 Å². The van der Waals surface area contributed by atoms with Gasteiger partial charge in [0.05, 0.1) is 0 Å². The van der Waals surface area contributed by atoms with E-state index in [-0.39, 0.29) is 0 Å². The quantitative estimate of drug-likeness (QED) is 0.739. The van der Waals surface area contributed by atoms with Crippen molar-refractivity contribution in [2.75, 3.05) is 11.9 Å². The Bertz CT molecular complexity index is 534. The fraction of sp³-hybridized carbons (Fsp3) is 0.267. The van der Waals surface area contributed by atoms with Gasteiger partial charge in [-0.05, 0) is 54.3 Å². The van der Waals surface area contributed by atoms with Crippen LogP contribution < -0.4 is 4.90 Å². The summed E-state index contributed by atoms with van der Waals surface area (Å²) in [7, 11) is 2.17. The lowest BCUT2D eigenvalue weighted by molar-refractivity contribution is 0.732. The van der Waals surface area contributed by atoms with Crippen molar-refractivity contribution >= 4 is 5.69 Å². The van der Waals surface area contributed by atoms with E-state index in [9.17, 15) is 0 Å². The van der Waals surface area contributed by atoms with Crippen molar-refractivity contribution in [3.8, 4) is 11.1 Å². The summed E-state index contributed by atoms with van der Waals surface area (Å²) < 4.78 is 0. The smallest absolute Gasteiger partial charge is 0.0399 e. The zero-order chi connectivity index (χ0) is 11.8. The summed E-state index contributed by atoms with van der Waals surface area (Å²) in [6.45, 7) is 2.27. The molecule has 1 aliphatic rings. The number of fused-ring (bicyclic) bond motifs is 1. The molecule has 1 unspecified atom stereocenters. The van der Waals surface area contributed by atoms with Crippen molar-refractivity contribution in [1.29, 1.82) is 0 Å². The van der Waals surface area contributed by atoms with Gasteiger partial charge in [-0.25, -0.2) is 0 Å². The van der Waals surface area contributed by atoms with Crippen LogP contribution in [0.2, 0.25) is 0 Å². The number of hydrogen-bond donors (Lipinski definition) is 0. The Kier molecular flexibility index (Phi) is 2.36. The van der Waals surface area contributed by atoms with Crippen LogP contribution >= 0.6 is 0 Å². The van der Waals surface area contributed by atoms with Crippen LogP contribution in [-0.4, -0.2) is 18.1 Å². The van der Waals surface area contributed by atoms with E-state index in [1.54, 1.807) is 0 Å². The van der Waals surface area contributed by atoms with Crippen LogP contribution in [0.25, 0.3) is 11.1 Å². The third-order valence-electron chi connectivity index (χ3n) is 3.65. The van der Waals surface area contributed by atoms with Gasteiger partial charge in [-0.2, -0.15) is 0 Å². The molecule has 1 atom stereocenters. The summed E-state index contributed by atoms with van der Waals surface area (Å²) in [6, 6.07) is 11.5. The van der Waals surface area contributed by atoms with Crippen LogP contribution in [0, 0.1) is 0 Å². The Morgan fingerprint density at radius 2 is 1.88 bits per heavy atom. The fourth-order valence-electron chi connectivity index (χ4n) is 2.51. The van der Waals surface area contributed by atoms with E-state index in [0.29, 0.717) is 6.04 Å². The van der Waals surface area contributed by atoms with E-state index in [1.807, 2.05) is 12.4 Å². The Hall–Kier alpha value is -1.83. The van der Waals surface area contributed by atoms with Crippen molar-refractivity contribution in [1.82, 2.24) is 4.98 Å². The summed E-state index contributed by atoms with van der Waals surface area (Å²) in [4.78, 5) is 6.41. The molecule has 2 heterocycles. The first-order chi connectivity index (χ1) is 8.25. The minimum atomic E-state index is 0.609. The topological polar surface area (TPSA) is 16.1 Å². The summed E-state index contributed by atoms with van der Waals surface area (Å²) in [5.74, 6) is 0. The molecule has 3 rings (SSSR count). The normalized spacial score (nSPS) is 18.2. The zero-order valence-corrected chi connectivity index (χ0v) is 10.2. The standard InChI is InChI=1S/C15H16N2/c1-11-9-14-10-13(3-4-15(14)17(11)2)12-5-7-16-8-6-12/h3-8,10-11H,9H2,1-2H3. The molecule has 0 saturated heterocycles. The minimum absolute atomic E-state index is 0.609. The molecule has 17 heavy (non-hydrogen) atoms. The second-order valence-corrected chi connectivity index (χ2v) is 4.74. The lowest BCUT2D eigenvalue weighted by atomic mass is 10.0. The highest BCUT2D eigenvalue weighted by Gasteiger charge is 2.22. The molecule has 1 aliphatic heterocycles. The number of rotatable bonds is 1. The van der Waals surface area contributed by atoms with Crippen LogP contribution in [-0.2, 0) is 6.42 Å². The number of likely N-dealkylation sites (N-methyl/N-ethyl adjacent to an activating group) is 1. The van der Waals surface area contributed by atoms with Gasteiger partial charge in [0.2, 0.25) is 0 Å². The lowest BCUT2D eigenvalue weighted by Crippen LogP contribution is -2.23. The molecule has 2 aromatic rings. The molecule has 0 saturated carbocycles. The maximum Gasteiger partial charge on any atom is 0.0399 e. The number of anilines is 1. The number of nitrogens with zero attached hydrogens (tertiary/aromatic N) is 2. The molecule has 1 aromatic carbocycles. The number of hydrogen-bond acceptors (Lipinski definition) is 2. The molecule has 0 fully saturated rings. The van der Waals surface area contributed by atoms with Crippen molar-refractivity contribution in [3.63, 3.8) is 0 Å². The van der Waals surface area contributed by atoms with Gasteiger partial charge in [0.15, 0.2) is 0 Å². The SMILES string of the molecule is CC1Cc2cc(-c3ccncc3)ccc2N1C. The Morgan fingerprint density at radius 1 is 1.12 bits per heavy atom. The Labute approximate surface area is 102 Å². The number of pyridine rings is 1. The Morgan fingerprint density at radius 3 is 2.65 bits per heavy atom. The average Bonchev–Trinajstić information content (AvgIpc) is 2.66. The molecule has 1 aromatic heterocycles. The monoisotopic (exact) mass is 224 g/mol. The molecule has 0 N–H and O–H groups in total. The van der Waals surface area contributed by atoms with Crippen molar-refractivity contribution < 1.29 is 0 Å². The van der Waals surface area contributed by atoms with Gasteiger partial charge in [-0.15, -0.1) is 0 Å². The maximum absolute atomic E-state index is 4.06. The zero-order valence-electron chi connectivity index (χ0n) is 10.2. The van der Waals surface area contributed by atoms with E-state index in [4.69, 9.17) is 0 Å². The Balaban J connectivity index is 2.04. The number of aromatic nitrogens is 1. The fourth-order valence-corrected chi connectivity index (χ4v) is 2.51. The predicted molar refractivity (Wildman–Crippen MR) is 71.2 cm³/mol. The molecule has 0 bridgehead atoms. The molecule has 86 valence electrons. The van der Waals surface area contributed by atoms with Crippen LogP contribution in [0.1, 0.15) is 12.5 Å². The molecule has 2 nitrogen and oxygen atoms in total. The van der Waals surface area contributed by atoms with Crippen molar-refractivity contribution in [2.24, 2.45) is 0 Å². The lowest BCUT2D eigenvalue weighted by Gasteiger charge is -2.18. The molecule has 0 spiro atoms. The van der Waals surface area contributed by atoms with Gasteiger partial charge in [-0.3, -0.25) is 4.98 Å².